The molecule has 0 radical (unpaired) electrons. The zero-order chi connectivity index (χ0) is 13.7. The summed E-state index contributed by atoms with van der Waals surface area (Å²) in [7, 11) is 2.04. The normalized spacial score (nSPS) is 11.6. The number of hydrogen-bond acceptors (Lipinski definition) is 3. The van der Waals surface area contributed by atoms with Crippen molar-refractivity contribution in [3.63, 3.8) is 0 Å². The standard InChI is InChI=1S/C12H14N2.H3NO2S/c1-9-4-6-11(7-5-9)12-8-13-10(2)14(12)3;1-4(2)3/h4-8H,1-3H3;1H2,(H,2,3)/p-1. The maximum Gasteiger partial charge on any atom is 0.105 e. The van der Waals surface area contributed by atoms with E-state index < -0.39 is 11.3 Å². The summed E-state index contributed by atoms with van der Waals surface area (Å²) in [4.78, 5) is 4.28. The summed E-state index contributed by atoms with van der Waals surface area (Å²) in [5.74, 6) is 1.04. The smallest absolute Gasteiger partial charge is 0.105 e. The first kappa shape index (κ1) is 14.6. The van der Waals surface area contributed by atoms with E-state index in [2.05, 4.69) is 45.9 Å². The third-order valence-corrected chi connectivity index (χ3v) is 2.57. The van der Waals surface area contributed by atoms with Crippen molar-refractivity contribution in [2.24, 2.45) is 12.2 Å². The van der Waals surface area contributed by atoms with Gasteiger partial charge in [0.1, 0.15) is 5.82 Å². The third kappa shape index (κ3) is 4.06. The van der Waals surface area contributed by atoms with E-state index in [9.17, 15) is 0 Å². The molecule has 1 aromatic carbocycles. The zero-order valence-corrected chi connectivity index (χ0v) is 11.4. The van der Waals surface area contributed by atoms with Crippen LogP contribution in [0.2, 0.25) is 0 Å². The van der Waals surface area contributed by atoms with Crippen LogP contribution in [-0.2, 0) is 18.3 Å². The van der Waals surface area contributed by atoms with Crippen LogP contribution in [0.3, 0.4) is 0 Å². The number of rotatable bonds is 1. The summed E-state index contributed by atoms with van der Waals surface area (Å²) in [6, 6.07) is 8.51. The Morgan fingerprint density at radius 3 is 2.17 bits per heavy atom. The van der Waals surface area contributed by atoms with Gasteiger partial charge in [-0.25, -0.2) is 4.98 Å². The van der Waals surface area contributed by atoms with E-state index >= 15 is 0 Å². The van der Waals surface area contributed by atoms with Gasteiger partial charge >= 0.3 is 0 Å². The Bertz CT molecular complexity index is 531. The number of nitrogens with two attached hydrogens (primary N) is 1. The quantitative estimate of drug-likeness (QED) is 0.793. The van der Waals surface area contributed by atoms with Crippen molar-refractivity contribution in [1.82, 2.24) is 9.55 Å². The Hall–Kier alpha value is -1.50. The largest absolute Gasteiger partial charge is 0.760 e. The Morgan fingerprint density at radius 1 is 1.28 bits per heavy atom. The predicted octanol–water partition coefficient (Wildman–Crippen LogP) is 1.44. The molecule has 2 rings (SSSR count). The molecule has 2 aromatic rings. The molecule has 0 aliphatic carbocycles. The Balaban J connectivity index is 0.000000357. The fourth-order valence-corrected chi connectivity index (χ4v) is 1.49. The number of aromatic nitrogens is 2. The van der Waals surface area contributed by atoms with E-state index in [1.807, 2.05) is 20.2 Å². The molecule has 98 valence electrons. The molecule has 0 saturated carbocycles. The Labute approximate surface area is 109 Å². The van der Waals surface area contributed by atoms with Crippen LogP contribution in [-0.4, -0.2) is 18.3 Å². The van der Waals surface area contributed by atoms with Gasteiger partial charge in [-0.1, -0.05) is 29.8 Å². The van der Waals surface area contributed by atoms with E-state index in [1.165, 1.54) is 16.8 Å². The van der Waals surface area contributed by atoms with E-state index in [0.29, 0.717) is 0 Å². The highest BCUT2D eigenvalue weighted by atomic mass is 32.2. The Kier molecular flexibility index (Phi) is 5.21. The van der Waals surface area contributed by atoms with Crippen LogP contribution in [0.25, 0.3) is 11.3 Å². The fourth-order valence-electron chi connectivity index (χ4n) is 1.49. The molecular formula is C12H16N3O2S-. The minimum absolute atomic E-state index is 1.04. The second-order valence-electron chi connectivity index (χ2n) is 3.88. The van der Waals surface area contributed by atoms with Crippen molar-refractivity contribution in [2.75, 3.05) is 0 Å². The topological polar surface area (TPSA) is 84.0 Å². The molecule has 0 aliphatic heterocycles. The maximum atomic E-state index is 8.78. The predicted molar refractivity (Wildman–Crippen MR) is 71.2 cm³/mol. The van der Waals surface area contributed by atoms with Gasteiger partial charge in [0.25, 0.3) is 0 Å². The lowest BCUT2D eigenvalue weighted by Crippen LogP contribution is -1.97. The first-order valence-corrected chi connectivity index (χ1v) is 6.44. The first-order valence-electron chi connectivity index (χ1n) is 5.31. The van der Waals surface area contributed by atoms with Crippen molar-refractivity contribution in [3.8, 4) is 11.3 Å². The van der Waals surface area contributed by atoms with Crippen LogP contribution in [0.15, 0.2) is 30.5 Å². The average molecular weight is 266 g/mol. The van der Waals surface area contributed by atoms with Crippen molar-refractivity contribution in [1.29, 1.82) is 0 Å². The molecule has 1 aromatic heterocycles. The fraction of sp³-hybridized carbons (Fsp3) is 0.250. The lowest BCUT2D eigenvalue weighted by atomic mass is 10.1. The molecule has 1 unspecified atom stereocenters. The second-order valence-corrected chi connectivity index (χ2v) is 4.40. The van der Waals surface area contributed by atoms with Crippen molar-refractivity contribution < 1.29 is 8.76 Å². The maximum absolute atomic E-state index is 8.78. The van der Waals surface area contributed by atoms with E-state index in [1.54, 1.807) is 0 Å². The molecule has 6 heteroatoms. The summed E-state index contributed by atoms with van der Waals surface area (Å²) in [5, 5.41) is 4.03. The molecule has 1 heterocycles. The summed E-state index contributed by atoms with van der Waals surface area (Å²) in [6.45, 7) is 4.11. The molecule has 0 fully saturated rings. The van der Waals surface area contributed by atoms with Crippen LogP contribution in [0.4, 0.5) is 0 Å². The van der Waals surface area contributed by atoms with Crippen molar-refractivity contribution in [3.05, 3.63) is 41.9 Å². The number of benzene rings is 1. The summed E-state index contributed by atoms with van der Waals surface area (Å²) >= 11 is -2.36. The van der Waals surface area contributed by atoms with Crippen LogP contribution in [0, 0.1) is 13.8 Å². The molecule has 18 heavy (non-hydrogen) atoms. The van der Waals surface area contributed by atoms with Gasteiger partial charge in [0.2, 0.25) is 0 Å². The molecule has 0 aliphatic rings. The molecule has 5 nitrogen and oxygen atoms in total. The molecule has 0 saturated heterocycles. The van der Waals surface area contributed by atoms with Crippen LogP contribution >= 0.6 is 0 Å². The van der Waals surface area contributed by atoms with Gasteiger partial charge in [-0.15, -0.1) is 0 Å². The highest BCUT2D eigenvalue weighted by molar-refractivity contribution is 7.76. The van der Waals surface area contributed by atoms with Crippen molar-refractivity contribution in [2.45, 2.75) is 13.8 Å². The van der Waals surface area contributed by atoms with E-state index in [4.69, 9.17) is 8.76 Å². The number of imidazole rings is 1. The lowest BCUT2D eigenvalue weighted by Gasteiger charge is -2.03. The highest BCUT2D eigenvalue weighted by Gasteiger charge is 2.04. The zero-order valence-electron chi connectivity index (χ0n) is 10.6. The minimum Gasteiger partial charge on any atom is -0.760 e. The first-order chi connectivity index (χ1) is 8.41. The van der Waals surface area contributed by atoms with Gasteiger partial charge in [0.05, 0.1) is 11.9 Å². The van der Waals surface area contributed by atoms with Gasteiger partial charge in [-0.05, 0) is 19.4 Å². The summed E-state index contributed by atoms with van der Waals surface area (Å²) in [5.41, 5.74) is 3.67. The molecule has 1 atom stereocenters. The number of aryl methyl sites for hydroxylation is 2. The van der Waals surface area contributed by atoms with Gasteiger partial charge in [-0.3, -0.25) is 9.35 Å². The molecule has 0 amide bonds. The third-order valence-electron chi connectivity index (χ3n) is 2.57. The van der Waals surface area contributed by atoms with Crippen LogP contribution in [0.5, 0.6) is 0 Å². The van der Waals surface area contributed by atoms with E-state index in [0.717, 1.165) is 5.82 Å². The van der Waals surface area contributed by atoms with Gasteiger partial charge in [0.15, 0.2) is 0 Å². The minimum atomic E-state index is -2.36. The van der Waals surface area contributed by atoms with E-state index in [-0.39, 0.29) is 0 Å². The monoisotopic (exact) mass is 266 g/mol. The number of nitrogens with zero attached hydrogens (tertiary/aromatic N) is 2. The summed E-state index contributed by atoms with van der Waals surface area (Å²) < 4.78 is 19.7. The second kappa shape index (κ2) is 6.44. The van der Waals surface area contributed by atoms with Crippen LogP contribution in [0.1, 0.15) is 11.4 Å². The van der Waals surface area contributed by atoms with Gasteiger partial charge in [0, 0.05) is 18.3 Å². The lowest BCUT2D eigenvalue weighted by molar-refractivity contribution is 0.539. The highest BCUT2D eigenvalue weighted by Crippen LogP contribution is 2.19. The van der Waals surface area contributed by atoms with Gasteiger partial charge in [-0.2, -0.15) is 0 Å². The SMILES string of the molecule is Cc1ccc(-c2cnc(C)n2C)cc1.NS(=O)[O-]. The van der Waals surface area contributed by atoms with Crippen LogP contribution < -0.4 is 5.14 Å². The van der Waals surface area contributed by atoms with Crippen molar-refractivity contribution >= 4 is 11.3 Å². The Morgan fingerprint density at radius 2 is 1.78 bits per heavy atom. The molecule has 0 spiro atoms. The average Bonchev–Trinajstić information content (AvgIpc) is 2.61. The molecular weight excluding hydrogens is 250 g/mol. The molecule has 0 bridgehead atoms. The van der Waals surface area contributed by atoms with Gasteiger partial charge < -0.3 is 9.12 Å². The summed E-state index contributed by atoms with van der Waals surface area (Å²) in [6.07, 6.45) is 1.92. The number of hydrogen-bond donors (Lipinski definition) is 1. The molecule has 2 N–H and O–H groups in total.